The molecule has 0 aliphatic heterocycles. The van der Waals surface area contributed by atoms with E-state index < -0.39 is 0 Å². The molecule has 39 heavy (non-hydrogen) atoms. The van der Waals surface area contributed by atoms with Gasteiger partial charge in [-0.2, -0.15) is 10.2 Å². The van der Waals surface area contributed by atoms with Crippen molar-refractivity contribution in [2.75, 3.05) is 0 Å². The highest BCUT2D eigenvalue weighted by molar-refractivity contribution is 7.20. The number of rotatable bonds is 5. The Morgan fingerprint density at radius 2 is 1.49 bits per heavy atom. The van der Waals surface area contributed by atoms with Gasteiger partial charge in [0.05, 0.1) is 27.3 Å². The molecule has 0 bridgehead atoms. The lowest BCUT2D eigenvalue weighted by Crippen LogP contribution is -1.99. The minimum Gasteiger partial charge on any atom is -0.240 e. The Morgan fingerprint density at radius 3 is 2.26 bits per heavy atom. The molecule has 0 aliphatic carbocycles. The third-order valence-electron chi connectivity index (χ3n) is 6.62. The Hall–Kier alpha value is -4.52. The second-order valence-corrected chi connectivity index (χ2v) is 10.8. The number of aryl methyl sites for hydroxylation is 1. The molecule has 7 rings (SSSR count). The lowest BCUT2D eigenvalue weighted by molar-refractivity contribution is 0.879. The van der Waals surface area contributed by atoms with Gasteiger partial charge in [-0.25, -0.2) is 14.3 Å². The summed E-state index contributed by atoms with van der Waals surface area (Å²) in [6.45, 7) is 2.10. The summed E-state index contributed by atoms with van der Waals surface area (Å²) in [5, 5.41) is 11.6. The Morgan fingerprint density at radius 1 is 0.744 bits per heavy atom. The maximum Gasteiger partial charge on any atom is 0.212 e. The van der Waals surface area contributed by atoms with E-state index in [1.54, 1.807) is 11.3 Å². The van der Waals surface area contributed by atoms with Crippen molar-refractivity contribution in [2.45, 2.75) is 6.92 Å². The summed E-state index contributed by atoms with van der Waals surface area (Å²) in [7, 11) is 0. The number of hydrogen-bond acceptors (Lipinski definition) is 4. The molecule has 0 N–H and O–H groups in total. The van der Waals surface area contributed by atoms with Gasteiger partial charge in [0.25, 0.3) is 0 Å². The summed E-state index contributed by atoms with van der Waals surface area (Å²) in [4.78, 5) is 4.97. The standard InChI is InChI=1S/C32H22ClN5S/c1-21-12-17-27-30(18-21)39-32(34-27)38-29(19-28(35-38)22-8-4-2-5-9-22)26-20-37(25-10-6-3-7-11-25)36-31(26)23-13-15-24(33)16-14-23/h2-20H,1H3. The van der Waals surface area contributed by atoms with Crippen molar-refractivity contribution in [3.05, 3.63) is 126 Å². The summed E-state index contributed by atoms with van der Waals surface area (Å²) in [6, 6.07) is 36.6. The summed E-state index contributed by atoms with van der Waals surface area (Å²) in [5.41, 5.74) is 8.73. The van der Waals surface area contributed by atoms with Gasteiger partial charge in [0.15, 0.2) is 0 Å². The molecule has 0 saturated heterocycles. The first kappa shape index (κ1) is 23.6. The van der Waals surface area contributed by atoms with E-state index >= 15 is 0 Å². The van der Waals surface area contributed by atoms with Crippen molar-refractivity contribution in [3.63, 3.8) is 0 Å². The van der Waals surface area contributed by atoms with Crippen LogP contribution < -0.4 is 0 Å². The molecule has 7 aromatic rings. The van der Waals surface area contributed by atoms with Crippen molar-refractivity contribution in [1.29, 1.82) is 0 Å². The van der Waals surface area contributed by atoms with Crippen molar-refractivity contribution in [2.24, 2.45) is 0 Å². The lowest BCUT2D eigenvalue weighted by Gasteiger charge is -2.05. The second-order valence-electron chi connectivity index (χ2n) is 9.34. The summed E-state index contributed by atoms with van der Waals surface area (Å²) < 4.78 is 5.00. The lowest BCUT2D eigenvalue weighted by atomic mass is 10.0. The molecule has 0 atom stereocenters. The van der Waals surface area contributed by atoms with Crippen LogP contribution in [0.1, 0.15) is 5.56 Å². The van der Waals surface area contributed by atoms with E-state index in [2.05, 4.69) is 49.5 Å². The third kappa shape index (κ3) is 4.44. The van der Waals surface area contributed by atoms with Gasteiger partial charge in [-0.05, 0) is 55.0 Å². The molecule has 4 aromatic carbocycles. The average Bonchev–Trinajstić information content (AvgIpc) is 3.71. The fourth-order valence-corrected chi connectivity index (χ4v) is 5.83. The maximum absolute atomic E-state index is 6.24. The van der Waals surface area contributed by atoms with E-state index in [1.165, 1.54) is 5.56 Å². The van der Waals surface area contributed by atoms with Crippen LogP contribution in [0, 0.1) is 6.92 Å². The van der Waals surface area contributed by atoms with Crippen LogP contribution in [0.25, 0.3) is 54.8 Å². The Bertz CT molecular complexity index is 1920. The number of hydrogen-bond donors (Lipinski definition) is 0. The monoisotopic (exact) mass is 543 g/mol. The highest BCUT2D eigenvalue weighted by atomic mass is 35.5. The molecule has 7 heteroatoms. The van der Waals surface area contributed by atoms with Gasteiger partial charge in [-0.3, -0.25) is 0 Å². The molecule has 188 valence electrons. The summed E-state index contributed by atoms with van der Waals surface area (Å²) in [5.74, 6) is 0. The number of fused-ring (bicyclic) bond motifs is 1. The number of nitrogens with zero attached hydrogens (tertiary/aromatic N) is 5. The van der Waals surface area contributed by atoms with E-state index in [0.717, 1.165) is 54.8 Å². The molecule has 0 fully saturated rings. The highest BCUT2D eigenvalue weighted by Crippen LogP contribution is 2.37. The highest BCUT2D eigenvalue weighted by Gasteiger charge is 2.22. The van der Waals surface area contributed by atoms with Gasteiger partial charge in [0.1, 0.15) is 5.69 Å². The molecule has 0 saturated carbocycles. The van der Waals surface area contributed by atoms with Crippen LogP contribution in [-0.4, -0.2) is 24.5 Å². The van der Waals surface area contributed by atoms with Crippen molar-refractivity contribution >= 4 is 33.2 Å². The first-order chi connectivity index (χ1) is 19.1. The van der Waals surface area contributed by atoms with Gasteiger partial charge in [0, 0.05) is 27.9 Å². The predicted octanol–water partition coefficient (Wildman–Crippen LogP) is 8.63. The average molecular weight is 544 g/mol. The van der Waals surface area contributed by atoms with Gasteiger partial charge in [-0.1, -0.05) is 89.7 Å². The smallest absolute Gasteiger partial charge is 0.212 e. The number of aromatic nitrogens is 5. The van der Waals surface area contributed by atoms with Gasteiger partial charge in [0.2, 0.25) is 5.13 Å². The second kappa shape index (κ2) is 9.66. The number of thiazole rings is 1. The first-order valence-corrected chi connectivity index (χ1v) is 13.8. The first-order valence-electron chi connectivity index (χ1n) is 12.6. The molecule has 3 aromatic heterocycles. The van der Waals surface area contributed by atoms with Gasteiger partial charge >= 0.3 is 0 Å². The molecule has 0 amide bonds. The Balaban J connectivity index is 1.48. The molecule has 0 unspecified atom stereocenters. The fraction of sp³-hybridized carbons (Fsp3) is 0.0312. The van der Waals surface area contributed by atoms with Gasteiger partial charge in [-0.15, -0.1) is 0 Å². The third-order valence-corrected chi connectivity index (χ3v) is 7.87. The van der Waals surface area contributed by atoms with Crippen LogP contribution in [-0.2, 0) is 0 Å². The number of benzene rings is 4. The minimum atomic E-state index is 0.684. The van der Waals surface area contributed by atoms with Crippen LogP contribution in [0.4, 0.5) is 0 Å². The molecular formula is C32H22ClN5S. The van der Waals surface area contributed by atoms with Crippen LogP contribution in [0.5, 0.6) is 0 Å². The zero-order chi connectivity index (χ0) is 26.3. The summed E-state index contributed by atoms with van der Waals surface area (Å²) in [6.07, 6.45) is 2.07. The minimum absolute atomic E-state index is 0.684. The molecule has 0 radical (unpaired) electrons. The molecular weight excluding hydrogens is 522 g/mol. The topological polar surface area (TPSA) is 48.5 Å². The van der Waals surface area contributed by atoms with E-state index in [4.69, 9.17) is 26.8 Å². The number of halogens is 1. The zero-order valence-corrected chi connectivity index (χ0v) is 22.6. The number of para-hydroxylation sites is 1. The maximum atomic E-state index is 6.24. The normalized spacial score (nSPS) is 11.3. The van der Waals surface area contributed by atoms with E-state index in [-0.39, 0.29) is 0 Å². The van der Waals surface area contributed by atoms with Crippen molar-refractivity contribution in [1.82, 2.24) is 24.5 Å². The Labute approximate surface area is 234 Å². The van der Waals surface area contributed by atoms with Gasteiger partial charge < -0.3 is 0 Å². The van der Waals surface area contributed by atoms with E-state index in [9.17, 15) is 0 Å². The molecule has 0 aliphatic rings. The van der Waals surface area contributed by atoms with Crippen LogP contribution >= 0.6 is 22.9 Å². The van der Waals surface area contributed by atoms with Crippen LogP contribution in [0.2, 0.25) is 5.02 Å². The van der Waals surface area contributed by atoms with Crippen LogP contribution in [0.3, 0.4) is 0 Å². The molecule has 0 spiro atoms. The zero-order valence-electron chi connectivity index (χ0n) is 21.0. The molecule has 3 heterocycles. The largest absolute Gasteiger partial charge is 0.240 e. The van der Waals surface area contributed by atoms with E-state index in [0.29, 0.717) is 5.02 Å². The predicted molar refractivity (Wildman–Crippen MR) is 160 cm³/mol. The SMILES string of the molecule is Cc1ccc2nc(-n3nc(-c4ccccc4)cc3-c3cn(-c4ccccc4)nc3-c3ccc(Cl)cc3)sc2c1. The quantitative estimate of drug-likeness (QED) is 0.218. The van der Waals surface area contributed by atoms with E-state index in [1.807, 2.05) is 82.2 Å². The van der Waals surface area contributed by atoms with Crippen LogP contribution in [0.15, 0.2) is 115 Å². The van der Waals surface area contributed by atoms with Crippen molar-refractivity contribution in [3.8, 4) is 44.6 Å². The fourth-order valence-electron chi connectivity index (χ4n) is 4.67. The van der Waals surface area contributed by atoms with Crippen molar-refractivity contribution < 1.29 is 0 Å². The Kier molecular flexibility index (Phi) is 5.84. The summed E-state index contributed by atoms with van der Waals surface area (Å²) >= 11 is 7.87. The molecule has 5 nitrogen and oxygen atoms in total.